The first-order chi connectivity index (χ1) is 11.2. The lowest BCUT2D eigenvalue weighted by Crippen LogP contribution is -2.13. The first-order valence-corrected chi connectivity index (χ1v) is 7.09. The second kappa shape index (κ2) is 6.36. The smallest absolute Gasteiger partial charge is 0.259 e. The van der Waals surface area contributed by atoms with Gasteiger partial charge in [0.15, 0.2) is 0 Å². The average molecular weight is 308 g/mol. The normalized spacial score (nSPS) is 10.3. The van der Waals surface area contributed by atoms with Gasteiger partial charge in [0.25, 0.3) is 5.91 Å². The number of pyridine rings is 1. The monoisotopic (exact) mass is 308 g/mol. The van der Waals surface area contributed by atoms with Crippen LogP contribution in [0.2, 0.25) is 0 Å². The lowest BCUT2D eigenvalue weighted by Gasteiger charge is -2.09. The lowest BCUT2D eigenvalue weighted by atomic mass is 10.1. The number of benzene rings is 2. The van der Waals surface area contributed by atoms with Gasteiger partial charge in [-0.05, 0) is 30.3 Å². The summed E-state index contributed by atoms with van der Waals surface area (Å²) in [6.45, 7) is 0. The van der Waals surface area contributed by atoms with Gasteiger partial charge in [0.2, 0.25) is 0 Å². The third kappa shape index (κ3) is 3.08. The highest BCUT2D eigenvalue weighted by Gasteiger charge is 2.12. The molecule has 1 N–H and O–H groups in total. The summed E-state index contributed by atoms with van der Waals surface area (Å²) in [5.41, 5.74) is 1.91. The Morgan fingerprint density at radius 2 is 1.87 bits per heavy atom. The molecule has 0 saturated carbocycles. The predicted octanol–water partition coefficient (Wildman–Crippen LogP) is 3.50. The van der Waals surface area contributed by atoms with Crippen LogP contribution in [0.15, 0.2) is 54.7 Å². The highest BCUT2D eigenvalue weighted by Crippen LogP contribution is 2.23. The maximum absolute atomic E-state index is 12.4. The van der Waals surface area contributed by atoms with Crippen molar-refractivity contribution in [1.82, 2.24) is 4.98 Å². The molecule has 0 aliphatic carbocycles. The second-order valence-electron chi connectivity index (χ2n) is 4.94. The van der Waals surface area contributed by atoms with Gasteiger partial charge in [0.05, 0.1) is 37.2 Å². The number of carbonyl (C=O) groups excluding carboxylic acids is 1. The fourth-order valence-electron chi connectivity index (χ4n) is 2.33. The van der Waals surface area contributed by atoms with Crippen LogP contribution in [-0.2, 0) is 0 Å². The van der Waals surface area contributed by atoms with Crippen LogP contribution in [0.4, 0.5) is 5.69 Å². The van der Waals surface area contributed by atoms with Crippen molar-refractivity contribution >= 4 is 22.5 Å². The van der Waals surface area contributed by atoms with Crippen LogP contribution in [0.1, 0.15) is 10.4 Å². The van der Waals surface area contributed by atoms with E-state index >= 15 is 0 Å². The number of amides is 1. The molecule has 1 heterocycles. The number of fused-ring (bicyclic) bond motifs is 1. The Hall–Kier alpha value is -3.08. The number of para-hydroxylation sites is 1. The molecule has 5 nitrogen and oxygen atoms in total. The number of nitrogens with one attached hydrogen (secondary N) is 1. The van der Waals surface area contributed by atoms with Crippen LogP contribution in [0, 0.1) is 0 Å². The number of methoxy groups -OCH3 is 2. The molecular formula is C18H16N2O3. The van der Waals surface area contributed by atoms with E-state index < -0.39 is 0 Å². The molecule has 3 rings (SSSR count). The van der Waals surface area contributed by atoms with Gasteiger partial charge in [-0.1, -0.05) is 12.1 Å². The zero-order chi connectivity index (χ0) is 16.2. The number of anilines is 1. The Morgan fingerprint density at radius 3 is 2.65 bits per heavy atom. The molecule has 0 unspecified atom stereocenters. The summed E-state index contributed by atoms with van der Waals surface area (Å²) in [6, 6.07) is 14.6. The van der Waals surface area contributed by atoms with E-state index in [1.54, 1.807) is 31.5 Å². The van der Waals surface area contributed by atoms with Crippen molar-refractivity contribution in [2.45, 2.75) is 0 Å². The van der Waals surface area contributed by atoms with E-state index in [1.165, 1.54) is 7.11 Å². The Kier molecular flexibility index (Phi) is 4.10. The highest BCUT2D eigenvalue weighted by atomic mass is 16.5. The summed E-state index contributed by atoms with van der Waals surface area (Å²) in [5, 5.41) is 3.76. The van der Waals surface area contributed by atoms with Gasteiger partial charge >= 0.3 is 0 Å². The number of carbonyl (C=O) groups is 1. The Morgan fingerprint density at radius 1 is 1.04 bits per heavy atom. The molecule has 0 fully saturated rings. The second-order valence-corrected chi connectivity index (χ2v) is 4.94. The van der Waals surface area contributed by atoms with Crippen molar-refractivity contribution in [1.29, 1.82) is 0 Å². The summed E-state index contributed by atoms with van der Waals surface area (Å²) in [5.74, 6) is 1.04. The molecular weight excluding hydrogens is 292 g/mol. The first-order valence-electron chi connectivity index (χ1n) is 7.09. The minimum absolute atomic E-state index is 0.239. The van der Waals surface area contributed by atoms with Crippen molar-refractivity contribution in [3.05, 3.63) is 60.3 Å². The molecule has 0 aliphatic heterocycles. The molecule has 0 atom stereocenters. The van der Waals surface area contributed by atoms with E-state index in [9.17, 15) is 4.79 Å². The van der Waals surface area contributed by atoms with Crippen molar-refractivity contribution in [2.75, 3.05) is 19.5 Å². The Labute approximate surface area is 133 Å². The van der Waals surface area contributed by atoms with E-state index in [-0.39, 0.29) is 5.91 Å². The zero-order valence-corrected chi connectivity index (χ0v) is 12.9. The number of rotatable bonds is 4. The van der Waals surface area contributed by atoms with Crippen molar-refractivity contribution in [3.63, 3.8) is 0 Å². The van der Waals surface area contributed by atoms with Gasteiger partial charge in [-0.25, -0.2) is 0 Å². The topological polar surface area (TPSA) is 60.5 Å². The Balaban J connectivity index is 1.87. The predicted molar refractivity (Wildman–Crippen MR) is 89.2 cm³/mol. The molecule has 0 radical (unpaired) electrons. The van der Waals surface area contributed by atoms with E-state index in [4.69, 9.17) is 9.47 Å². The third-order valence-corrected chi connectivity index (χ3v) is 3.50. The molecule has 0 bridgehead atoms. The number of hydrogen-bond donors (Lipinski definition) is 1. The van der Waals surface area contributed by atoms with E-state index in [2.05, 4.69) is 10.3 Å². The maximum atomic E-state index is 12.4. The summed E-state index contributed by atoms with van der Waals surface area (Å²) >= 11 is 0. The van der Waals surface area contributed by atoms with Gasteiger partial charge in [0, 0.05) is 11.5 Å². The molecule has 0 aliphatic rings. The van der Waals surface area contributed by atoms with Gasteiger partial charge in [-0.15, -0.1) is 0 Å². The number of ether oxygens (including phenoxy) is 2. The van der Waals surface area contributed by atoms with Gasteiger partial charge in [0.1, 0.15) is 11.5 Å². The molecule has 116 valence electrons. The molecule has 1 aromatic heterocycles. The van der Waals surface area contributed by atoms with Crippen molar-refractivity contribution < 1.29 is 14.3 Å². The fraction of sp³-hybridized carbons (Fsp3) is 0.111. The van der Waals surface area contributed by atoms with Gasteiger partial charge < -0.3 is 14.8 Å². The molecule has 23 heavy (non-hydrogen) atoms. The minimum Gasteiger partial charge on any atom is -0.497 e. The van der Waals surface area contributed by atoms with E-state index in [0.29, 0.717) is 17.0 Å². The molecule has 0 saturated heterocycles. The van der Waals surface area contributed by atoms with Crippen molar-refractivity contribution in [2.24, 2.45) is 0 Å². The number of nitrogens with zero attached hydrogens (tertiary/aromatic N) is 1. The molecule has 3 aromatic rings. The molecule has 2 aromatic carbocycles. The lowest BCUT2D eigenvalue weighted by molar-refractivity contribution is 0.102. The Bertz CT molecular complexity index is 862. The van der Waals surface area contributed by atoms with Crippen LogP contribution < -0.4 is 14.8 Å². The highest BCUT2D eigenvalue weighted by molar-refractivity contribution is 6.06. The zero-order valence-electron chi connectivity index (χ0n) is 12.9. The number of aromatic nitrogens is 1. The SMILES string of the molecule is COc1ccc2cc(NC(=O)c3ccccc3OC)cnc2c1. The maximum Gasteiger partial charge on any atom is 0.259 e. The molecule has 5 heteroatoms. The average Bonchev–Trinajstić information content (AvgIpc) is 2.61. The van der Waals surface area contributed by atoms with Crippen LogP contribution >= 0.6 is 0 Å². The molecule has 0 spiro atoms. The van der Waals surface area contributed by atoms with Gasteiger partial charge in [-0.2, -0.15) is 0 Å². The van der Waals surface area contributed by atoms with Crippen LogP contribution in [-0.4, -0.2) is 25.1 Å². The summed E-state index contributed by atoms with van der Waals surface area (Å²) in [4.78, 5) is 16.7. The third-order valence-electron chi connectivity index (χ3n) is 3.50. The van der Waals surface area contributed by atoms with E-state index in [0.717, 1.165) is 16.7 Å². The first kappa shape index (κ1) is 14.8. The van der Waals surface area contributed by atoms with Crippen LogP contribution in [0.3, 0.4) is 0 Å². The minimum atomic E-state index is -0.239. The van der Waals surface area contributed by atoms with Crippen molar-refractivity contribution in [3.8, 4) is 11.5 Å². The van der Waals surface area contributed by atoms with E-state index in [1.807, 2.05) is 30.3 Å². The van der Waals surface area contributed by atoms with Crippen LogP contribution in [0.5, 0.6) is 11.5 Å². The number of hydrogen-bond acceptors (Lipinski definition) is 4. The summed E-state index contributed by atoms with van der Waals surface area (Å²) < 4.78 is 10.4. The fourth-order valence-corrected chi connectivity index (χ4v) is 2.33. The largest absolute Gasteiger partial charge is 0.497 e. The standard InChI is InChI=1S/C18H16N2O3/c1-22-14-8-7-12-9-13(11-19-16(12)10-14)20-18(21)15-5-3-4-6-17(15)23-2/h3-11H,1-2H3,(H,20,21). The van der Waals surface area contributed by atoms with Gasteiger partial charge in [-0.3, -0.25) is 9.78 Å². The summed E-state index contributed by atoms with van der Waals surface area (Å²) in [7, 11) is 3.15. The van der Waals surface area contributed by atoms with Crippen LogP contribution in [0.25, 0.3) is 10.9 Å². The quantitative estimate of drug-likeness (QED) is 0.801. The molecule has 1 amide bonds. The summed E-state index contributed by atoms with van der Waals surface area (Å²) in [6.07, 6.45) is 1.62.